The fraction of sp³-hybridized carbons (Fsp3) is 0.400. The number of aromatic amines is 1. The minimum absolute atomic E-state index is 0.141. The lowest BCUT2D eigenvalue weighted by molar-refractivity contribution is -0.121. The van der Waals surface area contributed by atoms with Gasteiger partial charge in [-0.05, 0) is 25.0 Å². The van der Waals surface area contributed by atoms with Crippen LogP contribution in [0.25, 0.3) is 5.69 Å². The van der Waals surface area contributed by atoms with Crippen molar-refractivity contribution in [2.24, 2.45) is 5.10 Å². The molecular formula is C20H26N4O4. The first-order chi connectivity index (χ1) is 13.5. The van der Waals surface area contributed by atoms with Crippen LogP contribution in [0.2, 0.25) is 0 Å². The molecule has 150 valence electrons. The topological polar surface area (TPSA) is 117 Å². The van der Waals surface area contributed by atoms with E-state index in [1.165, 1.54) is 0 Å². The lowest BCUT2D eigenvalue weighted by atomic mass is 10.1. The Hall–Kier alpha value is -3.16. The first kappa shape index (κ1) is 21.1. The van der Waals surface area contributed by atoms with E-state index in [1.54, 1.807) is 37.3 Å². The third kappa shape index (κ3) is 5.18. The van der Waals surface area contributed by atoms with Crippen molar-refractivity contribution in [2.75, 3.05) is 0 Å². The number of aromatic nitrogens is 2. The van der Waals surface area contributed by atoms with E-state index in [9.17, 15) is 19.5 Å². The van der Waals surface area contributed by atoms with Gasteiger partial charge in [0.15, 0.2) is 0 Å². The monoisotopic (exact) mass is 386 g/mol. The van der Waals surface area contributed by atoms with Crippen LogP contribution in [0.4, 0.5) is 0 Å². The molecule has 1 aromatic carbocycles. The Morgan fingerprint density at radius 3 is 2.50 bits per heavy atom. The fourth-order valence-electron chi connectivity index (χ4n) is 2.81. The molecular weight excluding hydrogens is 360 g/mol. The lowest BCUT2D eigenvalue weighted by Gasteiger charge is -2.12. The summed E-state index contributed by atoms with van der Waals surface area (Å²) in [4.78, 5) is 38.7. The highest BCUT2D eigenvalue weighted by Gasteiger charge is 2.19. The summed E-state index contributed by atoms with van der Waals surface area (Å²) in [6.07, 6.45) is 4.50. The molecule has 0 fully saturated rings. The summed E-state index contributed by atoms with van der Waals surface area (Å²) < 4.78 is 0.995. The van der Waals surface area contributed by atoms with Crippen LogP contribution in [0.5, 0.6) is 5.88 Å². The zero-order chi connectivity index (χ0) is 20.5. The molecule has 0 aliphatic heterocycles. The van der Waals surface area contributed by atoms with Gasteiger partial charge in [-0.3, -0.25) is 14.6 Å². The molecule has 8 heteroatoms. The van der Waals surface area contributed by atoms with Crippen LogP contribution in [-0.4, -0.2) is 26.3 Å². The summed E-state index contributed by atoms with van der Waals surface area (Å²) in [6, 6.07) is 8.44. The van der Waals surface area contributed by atoms with E-state index in [0.717, 1.165) is 30.3 Å². The van der Waals surface area contributed by atoms with Crippen molar-refractivity contribution in [1.29, 1.82) is 0 Å². The first-order valence-electron chi connectivity index (χ1n) is 9.49. The molecule has 0 spiro atoms. The second-order valence-corrected chi connectivity index (χ2v) is 6.39. The molecule has 8 nitrogen and oxygen atoms in total. The maximum Gasteiger partial charge on any atom is 0.335 e. The number of nitrogens with one attached hydrogen (secondary N) is 2. The van der Waals surface area contributed by atoms with E-state index in [2.05, 4.69) is 22.4 Å². The standard InChI is InChI=1S/C20H26N4O4/c1-3-5-6-10-13-16(25)23-22-15(4-2)17-18(26)21-20(28)24(19(17)27)14-11-8-7-9-12-14/h7-9,11-12,27H,3-6,10,13H2,1-2H3,(H,23,25)(H,21,26,28). The molecule has 0 aliphatic carbocycles. The highest BCUT2D eigenvalue weighted by Crippen LogP contribution is 2.17. The van der Waals surface area contributed by atoms with Gasteiger partial charge in [-0.15, -0.1) is 0 Å². The number of rotatable bonds is 9. The van der Waals surface area contributed by atoms with E-state index in [0.29, 0.717) is 12.1 Å². The molecule has 0 aliphatic rings. The minimum Gasteiger partial charge on any atom is -0.493 e. The highest BCUT2D eigenvalue weighted by molar-refractivity contribution is 6.02. The van der Waals surface area contributed by atoms with Crippen molar-refractivity contribution < 1.29 is 9.90 Å². The number of carbonyl (C=O) groups is 1. The molecule has 0 bridgehead atoms. The van der Waals surface area contributed by atoms with E-state index in [-0.39, 0.29) is 23.6 Å². The Balaban J connectivity index is 2.33. The van der Waals surface area contributed by atoms with Gasteiger partial charge >= 0.3 is 5.69 Å². The highest BCUT2D eigenvalue weighted by atomic mass is 16.3. The average molecular weight is 386 g/mol. The van der Waals surface area contributed by atoms with Crippen LogP contribution < -0.4 is 16.7 Å². The van der Waals surface area contributed by atoms with Crippen LogP contribution in [0.1, 0.15) is 57.9 Å². The number of hydrogen-bond donors (Lipinski definition) is 3. The zero-order valence-corrected chi connectivity index (χ0v) is 16.2. The van der Waals surface area contributed by atoms with Crippen LogP contribution in [0.15, 0.2) is 45.0 Å². The van der Waals surface area contributed by atoms with Gasteiger partial charge < -0.3 is 5.11 Å². The Kier molecular flexibility index (Phi) is 7.74. The number of H-pyrrole nitrogens is 1. The van der Waals surface area contributed by atoms with Gasteiger partial charge in [-0.1, -0.05) is 51.3 Å². The summed E-state index contributed by atoms with van der Waals surface area (Å²) in [5.41, 5.74) is 1.37. The number of benzene rings is 1. The number of nitrogens with zero attached hydrogens (tertiary/aromatic N) is 2. The number of hydrazone groups is 1. The van der Waals surface area contributed by atoms with E-state index >= 15 is 0 Å². The van der Waals surface area contributed by atoms with Crippen molar-refractivity contribution in [3.05, 3.63) is 56.7 Å². The van der Waals surface area contributed by atoms with Gasteiger partial charge in [0.2, 0.25) is 11.8 Å². The summed E-state index contributed by atoms with van der Waals surface area (Å²) in [6.45, 7) is 3.83. The quantitative estimate of drug-likeness (QED) is 0.349. The normalized spacial score (nSPS) is 11.4. The molecule has 0 saturated heterocycles. The minimum atomic E-state index is -0.757. The number of hydrogen-bond acceptors (Lipinski definition) is 5. The maximum absolute atomic E-state index is 12.3. The lowest BCUT2D eigenvalue weighted by Crippen LogP contribution is -2.33. The molecule has 0 atom stereocenters. The van der Waals surface area contributed by atoms with Crippen molar-refractivity contribution in [3.8, 4) is 11.6 Å². The van der Waals surface area contributed by atoms with Crippen LogP contribution in [0.3, 0.4) is 0 Å². The molecule has 1 amide bonds. The van der Waals surface area contributed by atoms with Crippen LogP contribution >= 0.6 is 0 Å². The van der Waals surface area contributed by atoms with Gasteiger partial charge in [0.25, 0.3) is 5.56 Å². The van der Waals surface area contributed by atoms with E-state index < -0.39 is 17.1 Å². The molecule has 1 heterocycles. The van der Waals surface area contributed by atoms with Crippen LogP contribution in [0, 0.1) is 0 Å². The summed E-state index contributed by atoms with van der Waals surface area (Å²) in [5.74, 6) is -0.771. The average Bonchev–Trinajstić information content (AvgIpc) is 2.68. The molecule has 2 rings (SSSR count). The van der Waals surface area contributed by atoms with Gasteiger partial charge in [0, 0.05) is 6.42 Å². The maximum atomic E-state index is 12.3. The van der Waals surface area contributed by atoms with Crippen molar-refractivity contribution in [1.82, 2.24) is 15.0 Å². The third-order valence-electron chi connectivity index (χ3n) is 4.30. The number of para-hydroxylation sites is 1. The number of unbranched alkanes of at least 4 members (excludes halogenated alkanes) is 3. The summed E-state index contributed by atoms with van der Waals surface area (Å²) >= 11 is 0. The van der Waals surface area contributed by atoms with Gasteiger partial charge in [-0.2, -0.15) is 5.10 Å². The number of aromatic hydroxyl groups is 1. The third-order valence-corrected chi connectivity index (χ3v) is 4.30. The molecule has 0 radical (unpaired) electrons. The summed E-state index contributed by atoms with van der Waals surface area (Å²) in [5, 5.41) is 14.6. The van der Waals surface area contributed by atoms with Gasteiger partial charge in [0.05, 0.1) is 11.4 Å². The SMILES string of the molecule is CCCCCCC(=O)NN=C(CC)c1c(O)n(-c2ccccc2)c(=O)[nH]c1=O. The predicted octanol–water partition coefficient (Wildman–Crippen LogP) is 2.43. The fourth-order valence-corrected chi connectivity index (χ4v) is 2.81. The zero-order valence-electron chi connectivity index (χ0n) is 16.2. The van der Waals surface area contributed by atoms with Crippen LogP contribution in [-0.2, 0) is 4.79 Å². The van der Waals surface area contributed by atoms with Gasteiger partial charge in [-0.25, -0.2) is 14.8 Å². The molecule has 3 N–H and O–H groups in total. The number of carbonyl (C=O) groups excluding carboxylic acids is 1. The largest absolute Gasteiger partial charge is 0.493 e. The molecule has 28 heavy (non-hydrogen) atoms. The first-order valence-corrected chi connectivity index (χ1v) is 9.49. The smallest absolute Gasteiger partial charge is 0.335 e. The Morgan fingerprint density at radius 1 is 1.14 bits per heavy atom. The summed E-state index contributed by atoms with van der Waals surface area (Å²) in [7, 11) is 0. The molecule has 0 saturated carbocycles. The van der Waals surface area contributed by atoms with Crippen molar-refractivity contribution in [3.63, 3.8) is 0 Å². The number of amides is 1. The van der Waals surface area contributed by atoms with Crippen molar-refractivity contribution >= 4 is 11.6 Å². The second-order valence-electron chi connectivity index (χ2n) is 6.39. The van der Waals surface area contributed by atoms with Crippen molar-refractivity contribution in [2.45, 2.75) is 52.4 Å². The Morgan fingerprint density at radius 2 is 1.86 bits per heavy atom. The Bertz CT molecular complexity index is 945. The predicted molar refractivity (Wildman–Crippen MR) is 108 cm³/mol. The Labute approximate surface area is 162 Å². The van der Waals surface area contributed by atoms with E-state index in [1.807, 2.05) is 0 Å². The van der Waals surface area contributed by atoms with Gasteiger partial charge in [0.1, 0.15) is 5.56 Å². The van der Waals surface area contributed by atoms with E-state index in [4.69, 9.17) is 0 Å². The molecule has 0 unspecified atom stereocenters. The molecule has 1 aromatic heterocycles. The molecule has 2 aromatic rings. The second kappa shape index (κ2) is 10.2.